The van der Waals surface area contributed by atoms with E-state index in [1.165, 1.54) is 18.1 Å². The van der Waals surface area contributed by atoms with E-state index in [0.29, 0.717) is 11.4 Å². The van der Waals surface area contributed by atoms with Crippen LogP contribution in [0.3, 0.4) is 0 Å². The topological polar surface area (TPSA) is 88.7 Å². The van der Waals surface area contributed by atoms with E-state index in [1.807, 2.05) is 26.8 Å². The highest BCUT2D eigenvalue weighted by molar-refractivity contribution is 5.92. The van der Waals surface area contributed by atoms with E-state index >= 15 is 0 Å². The smallest absolute Gasteiger partial charge is 0.319 e. The van der Waals surface area contributed by atoms with Gasteiger partial charge in [0.05, 0.1) is 19.3 Å². The van der Waals surface area contributed by atoms with Crippen molar-refractivity contribution in [3.63, 3.8) is 0 Å². The molecule has 0 saturated carbocycles. The van der Waals surface area contributed by atoms with E-state index in [2.05, 4.69) is 4.98 Å². The van der Waals surface area contributed by atoms with E-state index in [9.17, 15) is 9.90 Å². The molecule has 0 fully saturated rings. The molecule has 1 aromatic carbocycles. The Morgan fingerprint density at radius 2 is 2.04 bits per heavy atom. The summed E-state index contributed by atoms with van der Waals surface area (Å²) in [6.45, 7) is 6.20. The second-order valence-corrected chi connectivity index (χ2v) is 6.58. The molecule has 0 saturated heterocycles. The number of pyridine rings is 1. The number of anilines is 1. The van der Waals surface area contributed by atoms with Gasteiger partial charge in [-0.25, -0.2) is 4.79 Å². The van der Waals surface area contributed by atoms with Gasteiger partial charge in [0.1, 0.15) is 11.5 Å². The standard InChI is InChI=1S/C18H23N3O3.ClH/c1-18(2,3)13-8-16(24-4)14(9-15(13)22)21(17(19)23)11-12-6-5-7-20-10-12;/h5-10,22H,11H2,1-4H3,(H2,19,23);1H. The van der Waals surface area contributed by atoms with Crippen LogP contribution >= 0.6 is 12.4 Å². The number of methoxy groups -OCH3 is 1. The summed E-state index contributed by atoms with van der Waals surface area (Å²) in [5.74, 6) is 0.566. The van der Waals surface area contributed by atoms with Gasteiger partial charge in [0.15, 0.2) is 0 Å². The summed E-state index contributed by atoms with van der Waals surface area (Å²) in [6, 6.07) is 6.25. The first-order chi connectivity index (χ1) is 11.2. The van der Waals surface area contributed by atoms with Gasteiger partial charge in [0, 0.05) is 24.0 Å². The van der Waals surface area contributed by atoms with Crippen LogP contribution in [-0.2, 0) is 12.0 Å². The van der Waals surface area contributed by atoms with Crippen LogP contribution in [0.4, 0.5) is 10.5 Å². The average molecular weight is 366 g/mol. The first kappa shape index (κ1) is 20.6. The zero-order valence-corrected chi connectivity index (χ0v) is 15.6. The molecule has 0 spiro atoms. The predicted molar refractivity (Wildman–Crippen MR) is 101 cm³/mol. The number of nitrogens with zero attached hydrogens (tertiary/aromatic N) is 2. The Morgan fingerprint density at radius 1 is 1.36 bits per heavy atom. The molecule has 136 valence electrons. The average Bonchev–Trinajstić information content (AvgIpc) is 2.52. The molecule has 2 rings (SSSR count). The first-order valence-electron chi connectivity index (χ1n) is 7.61. The van der Waals surface area contributed by atoms with Gasteiger partial charge in [-0.3, -0.25) is 9.88 Å². The van der Waals surface area contributed by atoms with Gasteiger partial charge < -0.3 is 15.6 Å². The van der Waals surface area contributed by atoms with Crippen LogP contribution in [0.1, 0.15) is 31.9 Å². The number of phenolic OH excluding ortho intramolecular Hbond substituents is 1. The quantitative estimate of drug-likeness (QED) is 0.866. The number of nitrogens with two attached hydrogens (primary N) is 1. The van der Waals surface area contributed by atoms with Crippen molar-refractivity contribution in [2.75, 3.05) is 12.0 Å². The molecule has 7 heteroatoms. The molecule has 25 heavy (non-hydrogen) atoms. The molecular weight excluding hydrogens is 342 g/mol. The number of halogens is 1. The second-order valence-electron chi connectivity index (χ2n) is 6.58. The van der Waals surface area contributed by atoms with Crippen LogP contribution in [0.25, 0.3) is 0 Å². The van der Waals surface area contributed by atoms with E-state index < -0.39 is 6.03 Å². The number of primary amides is 1. The lowest BCUT2D eigenvalue weighted by Crippen LogP contribution is -2.35. The van der Waals surface area contributed by atoms with Crippen molar-refractivity contribution in [3.05, 3.63) is 47.8 Å². The van der Waals surface area contributed by atoms with Gasteiger partial charge >= 0.3 is 6.03 Å². The minimum Gasteiger partial charge on any atom is -0.508 e. The summed E-state index contributed by atoms with van der Waals surface area (Å²) in [5.41, 5.74) is 7.24. The molecule has 0 aliphatic carbocycles. The minimum absolute atomic E-state index is 0. The van der Waals surface area contributed by atoms with Gasteiger partial charge in [0.2, 0.25) is 0 Å². The van der Waals surface area contributed by atoms with Crippen LogP contribution in [0, 0.1) is 0 Å². The number of aromatic nitrogens is 1. The van der Waals surface area contributed by atoms with E-state index in [1.54, 1.807) is 24.5 Å². The first-order valence-corrected chi connectivity index (χ1v) is 7.61. The van der Waals surface area contributed by atoms with Crippen LogP contribution in [0.15, 0.2) is 36.7 Å². The maximum absolute atomic E-state index is 12.0. The van der Waals surface area contributed by atoms with Crippen molar-refractivity contribution in [2.45, 2.75) is 32.7 Å². The number of phenols is 1. The van der Waals surface area contributed by atoms with E-state index in [4.69, 9.17) is 10.5 Å². The molecule has 6 nitrogen and oxygen atoms in total. The maximum Gasteiger partial charge on any atom is 0.319 e. The molecule has 0 radical (unpaired) electrons. The normalized spacial score (nSPS) is 10.7. The highest BCUT2D eigenvalue weighted by atomic mass is 35.5. The number of amides is 2. The minimum atomic E-state index is -0.639. The molecule has 1 heterocycles. The summed E-state index contributed by atoms with van der Waals surface area (Å²) in [5, 5.41) is 10.4. The summed E-state index contributed by atoms with van der Waals surface area (Å²) < 4.78 is 5.43. The number of hydrogen-bond acceptors (Lipinski definition) is 4. The fourth-order valence-electron chi connectivity index (χ4n) is 2.49. The summed E-state index contributed by atoms with van der Waals surface area (Å²) in [6.07, 6.45) is 3.31. The van der Waals surface area contributed by atoms with Crippen molar-refractivity contribution in [1.29, 1.82) is 0 Å². The van der Waals surface area contributed by atoms with Gasteiger partial charge in [-0.15, -0.1) is 12.4 Å². The Balaban J connectivity index is 0.00000312. The van der Waals surface area contributed by atoms with Crippen LogP contribution in [0.2, 0.25) is 0 Å². The second kappa shape index (κ2) is 8.07. The van der Waals surface area contributed by atoms with E-state index in [0.717, 1.165) is 11.1 Å². The molecule has 0 aliphatic rings. The van der Waals surface area contributed by atoms with Crippen LogP contribution < -0.4 is 15.4 Å². The zero-order valence-electron chi connectivity index (χ0n) is 14.8. The zero-order chi connectivity index (χ0) is 17.9. The van der Waals surface area contributed by atoms with Crippen LogP contribution in [-0.4, -0.2) is 23.2 Å². The van der Waals surface area contributed by atoms with Crippen molar-refractivity contribution in [1.82, 2.24) is 4.98 Å². The summed E-state index contributed by atoms with van der Waals surface area (Å²) >= 11 is 0. The van der Waals surface area contributed by atoms with Gasteiger partial charge in [-0.05, 0) is 23.1 Å². The molecule has 0 bridgehead atoms. The van der Waals surface area contributed by atoms with Crippen molar-refractivity contribution < 1.29 is 14.6 Å². The molecule has 2 aromatic rings. The molecule has 0 unspecified atom stereocenters. The number of rotatable bonds is 4. The third-order valence-corrected chi connectivity index (χ3v) is 3.73. The Hall–Kier alpha value is -2.47. The third-order valence-electron chi connectivity index (χ3n) is 3.73. The molecule has 0 aliphatic heterocycles. The van der Waals surface area contributed by atoms with Crippen LogP contribution in [0.5, 0.6) is 11.5 Å². The Bertz CT molecular complexity index is 730. The monoisotopic (exact) mass is 365 g/mol. The lowest BCUT2D eigenvalue weighted by molar-refractivity contribution is 0.253. The lowest BCUT2D eigenvalue weighted by Gasteiger charge is -2.26. The lowest BCUT2D eigenvalue weighted by atomic mass is 9.86. The Labute approximate surface area is 154 Å². The fraction of sp³-hybridized carbons (Fsp3) is 0.333. The number of aromatic hydroxyl groups is 1. The number of carbonyl (C=O) groups is 1. The predicted octanol–water partition coefficient (Wildman–Crippen LogP) is 3.60. The largest absolute Gasteiger partial charge is 0.508 e. The Morgan fingerprint density at radius 3 is 2.52 bits per heavy atom. The van der Waals surface area contributed by atoms with E-state index in [-0.39, 0.29) is 30.1 Å². The number of hydrogen-bond donors (Lipinski definition) is 2. The van der Waals surface area contributed by atoms with Gasteiger partial charge in [-0.1, -0.05) is 26.8 Å². The van der Waals surface area contributed by atoms with Crippen molar-refractivity contribution in [3.8, 4) is 11.5 Å². The summed E-state index contributed by atoms with van der Waals surface area (Å²) in [7, 11) is 1.52. The highest BCUT2D eigenvalue weighted by Gasteiger charge is 2.24. The number of urea groups is 1. The molecular formula is C18H24ClN3O3. The SMILES string of the molecule is COc1cc(C(C)(C)C)c(O)cc1N(Cc1cccnc1)C(N)=O.Cl. The third kappa shape index (κ3) is 4.76. The number of benzene rings is 1. The molecule has 2 amide bonds. The van der Waals surface area contributed by atoms with Gasteiger partial charge in [-0.2, -0.15) is 0 Å². The van der Waals surface area contributed by atoms with Crippen molar-refractivity contribution >= 4 is 24.1 Å². The molecule has 1 aromatic heterocycles. The number of carbonyl (C=O) groups excluding carboxylic acids is 1. The Kier molecular flexibility index (Phi) is 6.64. The van der Waals surface area contributed by atoms with Crippen molar-refractivity contribution in [2.24, 2.45) is 5.73 Å². The maximum atomic E-state index is 12.0. The van der Waals surface area contributed by atoms with Gasteiger partial charge in [0.25, 0.3) is 0 Å². The molecule has 0 atom stereocenters. The summed E-state index contributed by atoms with van der Waals surface area (Å²) in [4.78, 5) is 17.3. The number of ether oxygens (including phenoxy) is 1. The molecule has 3 N–H and O–H groups in total. The highest BCUT2D eigenvalue weighted by Crippen LogP contribution is 2.40. The fourth-order valence-corrected chi connectivity index (χ4v) is 2.49.